The monoisotopic (exact) mass is 319 g/mol. The second-order valence-corrected chi connectivity index (χ2v) is 6.42. The van der Waals surface area contributed by atoms with Crippen molar-refractivity contribution in [3.63, 3.8) is 0 Å². The molecular weight excluding hydrogens is 298 g/mol. The third kappa shape index (κ3) is 3.25. The van der Waals surface area contributed by atoms with Crippen molar-refractivity contribution >= 4 is 11.9 Å². The van der Waals surface area contributed by atoms with Gasteiger partial charge >= 0.3 is 5.97 Å². The Balaban J connectivity index is 1.65. The maximum absolute atomic E-state index is 12.3. The summed E-state index contributed by atoms with van der Waals surface area (Å²) < 4.78 is 11.1. The van der Waals surface area contributed by atoms with Crippen LogP contribution in [0.3, 0.4) is 0 Å². The molecule has 1 aromatic rings. The zero-order chi connectivity index (χ0) is 16.6. The Labute approximate surface area is 134 Å². The van der Waals surface area contributed by atoms with Crippen LogP contribution in [0.25, 0.3) is 0 Å². The van der Waals surface area contributed by atoms with Crippen molar-refractivity contribution in [3.05, 3.63) is 23.8 Å². The minimum atomic E-state index is -0.995. The minimum absolute atomic E-state index is 0.118. The fourth-order valence-electron chi connectivity index (χ4n) is 2.92. The van der Waals surface area contributed by atoms with Gasteiger partial charge in [0.25, 0.3) is 0 Å². The van der Waals surface area contributed by atoms with E-state index in [4.69, 9.17) is 14.6 Å². The van der Waals surface area contributed by atoms with Crippen LogP contribution in [0.15, 0.2) is 18.2 Å². The first-order valence-corrected chi connectivity index (χ1v) is 7.90. The van der Waals surface area contributed by atoms with Gasteiger partial charge in [-0.2, -0.15) is 0 Å². The van der Waals surface area contributed by atoms with Crippen LogP contribution >= 0.6 is 0 Å². The first-order valence-electron chi connectivity index (χ1n) is 7.90. The smallest absolute Gasteiger partial charge is 0.326 e. The zero-order valence-electron chi connectivity index (χ0n) is 13.2. The Hall–Kier alpha value is -2.24. The molecule has 2 aliphatic rings. The molecule has 124 valence electrons. The van der Waals surface area contributed by atoms with Crippen LogP contribution < -0.4 is 14.8 Å². The molecule has 1 saturated carbocycles. The number of nitrogens with one attached hydrogen (secondary N) is 1. The number of carbonyl (C=O) groups excluding carboxylic acids is 1. The molecule has 2 unspecified atom stereocenters. The Bertz CT molecular complexity index is 627. The number of fused-ring (bicyclic) bond motifs is 1. The van der Waals surface area contributed by atoms with E-state index in [2.05, 4.69) is 5.32 Å². The van der Waals surface area contributed by atoms with E-state index in [1.54, 1.807) is 13.8 Å². The number of carbonyl (C=O) groups is 2. The van der Waals surface area contributed by atoms with E-state index in [1.807, 2.05) is 18.2 Å². The predicted octanol–water partition coefficient (Wildman–Crippen LogP) is 1.79. The molecular formula is C17H21NO5. The molecule has 1 amide bonds. The number of carboxylic acid groups (broad SMARTS) is 1. The highest BCUT2D eigenvalue weighted by molar-refractivity contribution is 5.87. The number of hydrogen-bond donors (Lipinski definition) is 2. The predicted molar refractivity (Wildman–Crippen MR) is 82.7 cm³/mol. The Kier molecular flexibility index (Phi) is 4.15. The summed E-state index contributed by atoms with van der Waals surface area (Å²) in [7, 11) is 0. The SMILES string of the molecule is CC(C)[C@H](NC(=O)C1CC1c1ccc2c(c1)OCCO2)C(=O)O. The molecule has 1 heterocycles. The van der Waals surface area contributed by atoms with Gasteiger partial charge in [0.1, 0.15) is 19.3 Å². The maximum atomic E-state index is 12.3. The number of amides is 1. The molecule has 1 aromatic carbocycles. The zero-order valence-corrected chi connectivity index (χ0v) is 13.2. The lowest BCUT2D eigenvalue weighted by Gasteiger charge is -2.19. The molecule has 3 rings (SSSR count). The highest BCUT2D eigenvalue weighted by Crippen LogP contribution is 2.49. The molecule has 6 nitrogen and oxygen atoms in total. The minimum Gasteiger partial charge on any atom is -0.486 e. The van der Waals surface area contributed by atoms with Crippen LogP contribution in [-0.4, -0.2) is 36.2 Å². The van der Waals surface area contributed by atoms with Gasteiger partial charge < -0.3 is 19.9 Å². The van der Waals surface area contributed by atoms with Gasteiger partial charge in [0.2, 0.25) is 5.91 Å². The second kappa shape index (κ2) is 6.10. The average Bonchev–Trinajstić information content (AvgIpc) is 3.32. The highest BCUT2D eigenvalue weighted by Gasteiger charge is 2.45. The van der Waals surface area contributed by atoms with Crippen LogP contribution in [0, 0.1) is 11.8 Å². The topological polar surface area (TPSA) is 84.9 Å². The third-order valence-corrected chi connectivity index (χ3v) is 4.35. The first kappa shape index (κ1) is 15.6. The van der Waals surface area contributed by atoms with E-state index in [1.165, 1.54) is 0 Å². The van der Waals surface area contributed by atoms with Crippen LogP contribution in [0.5, 0.6) is 11.5 Å². The van der Waals surface area contributed by atoms with Crippen molar-refractivity contribution in [1.29, 1.82) is 0 Å². The van der Waals surface area contributed by atoms with Crippen molar-refractivity contribution < 1.29 is 24.2 Å². The van der Waals surface area contributed by atoms with Crippen LogP contribution in [0.1, 0.15) is 31.7 Å². The molecule has 0 saturated heterocycles. The summed E-state index contributed by atoms with van der Waals surface area (Å²) in [5, 5.41) is 11.8. The molecule has 6 heteroatoms. The summed E-state index contributed by atoms with van der Waals surface area (Å²) >= 11 is 0. The van der Waals surface area contributed by atoms with E-state index in [9.17, 15) is 9.59 Å². The Morgan fingerprint density at radius 2 is 1.91 bits per heavy atom. The molecule has 0 bridgehead atoms. The van der Waals surface area contributed by atoms with E-state index in [0.29, 0.717) is 19.0 Å². The van der Waals surface area contributed by atoms with Gasteiger partial charge in [-0.05, 0) is 36.0 Å². The van der Waals surface area contributed by atoms with Crippen LogP contribution in [0.2, 0.25) is 0 Å². The summed E-state index contributed by atoms with van der Waals surface area (Å²) in [5.41, 5.74) is 1.03. The van der Waals surface area contributed by atoms with Crippen molar-refractivity contribution in [2.24, 2.45) is 11.8 Å². The van der Waals surface area contributed by atoms with Gasteiger partial charge in [0.15, 0.2) is 11.5 Å². The molecule has 23 heavy (non-hydrogen) atoms. The summed E-state index contributed by atoms with van der Waals surface area (Å²) in [6, 6.07) is 4.89. The third-order valence-electron chi connectivity index (χ3n) is 4.35. The van der Waals surface area contributed by atoms with Gasteiger partial charge in [0.05, 0.1) is 0 Å². The maximum Gasteiger partial charge on any atom is 0.326 e. The summed E-state index contributed by atoms with van der Waals surface area (Å²) in [6.45, 7) is 4.64. The molecule has 1 aliphatic carbocycles. The molecule has 2 N–H and O–H groups in total. The molecule has 3 atom stereocenters. The Morgan fingerprint density at radius 3 is 2.57 bits per heavy atom. The van der Waals surface area contributed by atoms with Gasteiger partial charge in [-0.1, -0.05) is 19.9 Å². The number of carboxylic acids is 1. The number of benzene rings is 1. The van der Waals surface area contributed by atoms with E-state index >= 15 is 0 Å². The largest absolute Gasteiger partial charge is 0.486 e. The summed E-state index contributed by atoms with van der Waals surface area (Å²) in [6.07, 6.45) is 0.732. The number of rotatable bonds is 5. The highest BCUT2D eigenvalue weighted by atomic mass is 16.6. The Morgan fingerprint density at radius 1 is 1.22 bits per heavy atom. The number of aliphatic carboxylic acids is 1. The molecule has 0 spiro atoms. The van der Waals surface area contributed by atoms with Crippen molar-refractivity contribution in [3.8, 4) is 11.5 Å². The van der Waals surface area contributed by atoms with Gasteiger partial charge in [0, 0.05) is 5.92 Å². The summed E-state index contributed by atoms with van der Waals surface area (Å²) in [5.74, 6) is 0.0576. The van der Waals surface area contributed by atoms with Crippen LogP contribution in [-0.2, 0) is 9.59 Å². The van der Waals surface area contributed by atoms with Crippen molar-refractivity contribution in [2.45, 2.75) is 32.2 Å². The van der Waals surface area contributed by atoms with E-state index < -0.39 is 12.0 Å². The quantitative estimate of drug-likeness (QED) is 0.864. The molecule has 1 aliphatic heterocycles. The van der Waals surface area contributed by atoms with Crippen LogP contribution in [0.4, 0.5) is 0 Å². The summed E-state index contributed by atoms with van der Waals surface area (Å²) in [4.78, 5) is 23.5. The van der Waals surface area contributed by atoms with E-state index in [-0.39, 0.29) is 23.7 Å². The molecule has 1 fully saturated rings. The fourth-order valence-corrected chi connectivity index (χ4v) is 2.92. The lowest BCUT2D eigenvalue weighted by molar-refractivity contribution is -0.143. The average molecular weight is 319 g/mol. The fraction of sp³-hybridized carbons (Fsp3) is 0.529. The normalized spacial score (nSPS) is 23.3. The van der Waals surface area contributed by atoms with Crippen molar-refractivity contribution in [1.82, 2.24) is 5.32 Å². The first-order chi connectivity index (χ1) is 11.0. The lowest BCUT2D eigenvalue weighted by Crippen LogP contribution is -2.45. The number of ether oxygens (including phenoxy) is 2. The van der Waals surface area contributed by atoms with E-state index in [0.717, 1.165) is 17.7 Å². The molecule has 0 radical (unpaired) electrons. The van der Waals surface area contributed by atoms with Gasteiger partial charge in [-0.25, -0.2) is 4.79 Å². The van der Waals surface area contributed by atoms with Gasteiger partial charge in [-0.3, -0.25) is 4.79 Å². The standard InChI is InChI=1S/C17H21NO5/c1-9(2)15(17(20)21)18-16(19)12-8-11(12)10-3-4-13-14(7-10)23-6-5-22-13/h3-4,7,9,11-12,15H,5-6,8H2,1-2H3,(H,18,19)(H,20,21)/t11?,12?,15-/m0/s1. The van der Waals surface area contributed by atoms with Gasteiger partial charge in [-0.15, -0.1) is 0 Å². The molecule has 0 aromatic heterocycles. The second-order valence-electron chi connectivity index (χ2n) is 6.42. The number of hydrogen-bond acceptors (Lipinski definition) is 4. The lowest BCUT2D eigenvalue weighted by atomic mass is 10.0. The van der Waals surface area contributed by atoms with Crippen molar-refractivity contribution in [2.75, 3.05) is 13.2 Å².